The SMILES string of the molecule is Cc1cc(C)cc(OCn2ccc(C(=O)NCCCc3nnc4ccccn34)n2)c1. The number of ether oxygens (including phenoxy) is 1. The smallest absolute Gasteiger partial charge is 0.271 e. The number of nitrogens with zero attached hydrogens (tertiary/aromatic N) is 5. The second kappa shape index (κ2) is 8.77. The Hall–Kier alpha value is -3.68. The molecule has 0 aliphatic carbocycles. The Bertz CT molecular complexity index is 1140. The highest BCUT2D eigenvalue weighted by molar-refractivity contribution is 5.92. The van der Waals surface area contributed by atoms with Crippen molar-refractivity contribution in [2.75, 3.05) is 6.54 Å². The van der Waals surface area contributed by atoms with Crippen LogP contribution in [0.25, 0.3) is 5.65 Å². The molecule has 0 spiro atoms. The molecular formula is C22H24N6O2. The van der Waals surface area contributed by atoms with Gasteiger partial charge >= 0.3 is 0 Å². The zero-order valence-corrected chi connectivity index (χ0v) is 17.1. The van der Waals surface area contributed by atoms with Crippen LogP contribution >= 0.6 is 0 Å². The molecule has 4 rings (SSSR count). The van der Waals surface area contributed by atoms with Gasteiger partial charge < -0.3 is 10.1 Å². The van der Waals surface area contributed by atoms with Gasteiger partial charge in [-0.2, -0.15) is 5.10 Å². The summed E-state index contributed by atoms with van der Waals surface area (Å²) in [5, 5.41) is 15.5. The van der Waals surface area contributed by atoms with Crippen LogP contribution in [0.5, 0.6) is 5.75 Å². The van der Waals surface area contributed by atoms with Gasteiger partial charge in [0, 0.05) is 25.4 Å². The lowest BCUT2D eigenvalue weighted by Crippen LogP contribution is -2.25. The Morgan fingerprint density at radius 2 is 1.90 bits per heavy atom. The first-order valence-corrected chi connectivity index (χ1v) is 9.90. The molecule has 3 heterocycles. The molecule has 0 saturated heterocycles. The molecule has 1 amide bonds. The fourth-order valence-corrected chi connectivity index (χ4v) is 3.31. The van der Waals surface area contributed by atoms with Gasteiger partial charge in [-0.3, -0.25) is 9.20 Å². The molecule has 4 aromatic rings. The largest absolute Gasteiger partial charge is 0.471 e. The van der Waals surface area contributed by atoms with E-state index < -0.39 is 0 Å². The van der Waals surface area contributed by atoms with E-state index in [0.717, 1.165) is 41.2 Å². The maximum absolute atomic E-state index is 12.3. The number of fused-ring (bicyclic) bond motifs is 1. The minimum atomic E-state index is -0.203. The van der Waals surface area contributed by atoms with Gasteiger partial charge in [-0.05, 0) is 61.7 Å². The Morgan fingerprint density at radius 1 is 1.07 bits per heavy atom. The van der Waals surface area contributed by atoms with Crippen LogP contribution in [0.1, 0.15) is 33.9 Å². The van der Waals surface area contributed by atoms with Crippen molar-refractivity contribution in [3.8, 4) is 5.75 Å². The molecule has 154 valence electrons. The number of hydrogen-bond donors (Lipinski definition) is 1. The van der Waals surface area contributed by atoms with Crippen molar-refractivity contribution in [2.45, 2.75) is 33.4 Å². The number of aromatic nitrogens is 5. The monoisotopic (exact) mass is 404 g/mol. The molecule has 0 radical (unpaired) electrons. The predicted octanol–water partition coefficient (Wildman–Crippen LogP) is 2.94. The van der Waals surface area contributed by atoms with Crippen molar-refractivity contribution in [1.29, 1.82) is 0 Å². The molecule has 0 saturated carbocycles. The molecule has 8 nitrogen and oxygen atoms in total. The number of pyridine rings is 1. The number of amides is 1. The molecule has 0 atom stereocenters. The molecular weight excluding hydrogens is 380 g/mol. The van der Waals surface area contributed by atoms with E-state index in [9.17, 15) is 4.79 Å². The fourth-order valence-electron chi connectivity index (χ4n) is 3.31. The Morgan fingerprint density at radius 3 is 2.73 bits per heavy atom. The summed E-state index contributed by atoms with van der Waals surface area (Å²) in [6.07, 6.45) is 5.16. The molecule has 1 aromatic carbocycles. The molecule has 3 aromatic heterocycles. The zero-order valence-electron chi connectivity index (χ0n) is 17.1. The first-order chi connectivity index (χ1) is 14.6. The van der Waals surface area contributed by atoms with Gasteiger partial charge in [0.15, 0.2) is 12.4 Å². The predicted molar refractivity (Wildman–Crippen MR) is 112 cm³/mol. The number of rotatable bonds is 8. The lowest BCUT2D eigenvalue weighted by atomic mass is 10.1. The molecule has 0 aliphatic heterocycles. The standard InChI is InChI=1S/C22H24N6O2/c1-16-12-17(2)14-18(13-16)30-15-27-11-8-19(26-27)22(29)23-9-5-7-21-25-24-20-6-3-4-10-28(20)21/h3-4,6,8,10-14H,5,7,9,15H2,1-2H3,(H,23,29). The van der Waals surface area contributed by atoms with Crippen LogP contribution < -0.4 is 10.1 Å². The highest BCUT2D eigenvalue weighted by Crippen LogP contribution is 2.16. The summed E-state index contributed by atoms with van der Waals surface area (Å²) in [4.78, 5) is 12.3. The summed E-state index contributed by atoms with van der Waals surface area (Å²) in [6, 6.07) is 13.5. The molecule has 0 fully saturated rings. The van der Waals surface area contributed by atoms with Gasteiger partial charge in [-0.15, -0.1) is 10.2 Å². The Kier molecular flexibility index (Phi) is 5.74. The molecule has 0 bridgehead atoms. The van der Waals surface area contributed by atoms with E-state index in [1.165, 1.54) is 0 Å². The Balaban J connectivity index is 1.24. The highest BCUT2D eigenvalue weighted by atomic mass is 16.5. The van der Waals surface area contributed by atoms with Crippen molar-refractivity contribution in [3.05, 3.63) is 77.5 Å². The van der Waals surface area contributed by atoms with Crippen LogP contribution in [0.2, 0.25) is 0 Å². The van der Waals surface area contributed by atoms with Crippen LogP contribution in [0.3, 0.4) is 0 Å². The van der Waals surface area contributed by atoms with Gasteiger partial charge in [-0.25, -0.2) is 4.68 Å². The fraction of sp³-hybridized carbons (Fsp3) is 0.273. The average molecular weight is 404 g/mol. The average Bonchev–Trinajstić information content (AvgIpc) is 3.36. The van der Waals surface area contributed by atoms with E-state index in [0.29, 0.717) is 12.2 Å². The van der Waals surface area contributed by atoms with E-state index in [4.69, 9.17) is 4.74 Å². The van der Waals surface area contributed by atoms with Crippen LogP contribution in [-0.4, -0.2) is 36.8 Å². The number of hydrogen-bond acceptors (Lipinski definition) is 5. The van der Waals surface area contributed by atoms with Gasteiger partial charge in [0.05, 0.1) is 0 Å². The summed E-state index contributed by atoms with van der Waals surface area (Å²) in [6.45, 7) is 4.84. The summed E-state index contributed by atoms with van der Waals surface area (Å²) in [7, 11) is 0. The molecule has 0 aliphatic rings. The minimum absolute atomic E-state index is 0.203. The minimum Gasteiger partial charge on any atom is -0.471 e. The first kappa shape index (κ1) is 19.6. The van der Waals surface area contributed by atoms with Gasteiger partial charge in [0.2, 0.25) is 0 Å². The van der Waals surface area contributed by atoms with Gasteiger partial charge in [-0.1, -0.05) is 12.1 Å². The number of carbonyl (C=O) groups is 1. The van der Waals surface area contributed by atoms with Crippen molar-refractivity contribution in [2.24, 2.45) is 0 Å². The third-order valence-corrected chi connectivity index (χ3v) is 4.68. The summed E-state index contributed by atoms with van der Waals surface area (Å²) in [5.41, 5.74) is 3.48. The molecule has 1 N–H and O–H groups in total. The number of carbonyl (C=O) groups excluding carboxylic acids is 1. The topological polar surface area (TPSA) is 86.3 Å². The molecule has 30 heavy (non-hydrogen) atoms. The third kappa shape index (κ3) is 4.65. The van der Waals surface area contributed by atoms with Crippen molar-refractivity contribution in [1.82, 2.24) is 29.7 Å². The van der Waals surface area contributed by atoms with E-state index >= 15 is 0 Å². The van der Waals surface area contributed by atoms with Crippen molar-refractivity contribution < 1.29 is 9.53 Å². The normalized spacial score (nSPS) is 11.0. The van der Waals surface area contributed by atoms with Crippen LogP contribution in [-0.2, 0) is 13.2 Å². The maximum Gasteiger partial charge on any atom is 0.271 e. The van der Waals surface area contributed by atoms with Crippen LogP contribution in [0.4, 0.5) is 0 Å². The third-order valence-electron chi connectivity index (χ3n) is 4.68. The Labute approximate surface area is 174 Å². The lowest BCUT2D eigenvalue weighted by Gasteiger charge is -2.08. The zero-order chi connectivity index (χ0) is 20.9. The van der Waals surface area contributed by atoms with Crippen molar-refractivity contribution in [3.63, 3.8) is 0 Å². The van der Waals surface area contributed by atoms with Gasteiger partial charge in [0.25, 0.3) is 5.91 Å². The van der Waals surface area contributed by atoms with Gasteiger partial charge in [0.1, 0.15) is 17.3 Å². The summed E-state index contributed by atoms with van der Waals surface area (Å²) in [5.74, 6) is 1.47. The summed E-state index contributed by atoms with van der Waals surface area (Å²) >= 11 is 0. The second-order valence-corrected chi connectivity index (χ2v) is 7.24. The van der Waals surface area contributed by atoms with E-state index in [1.54, 1.807) is 16.9 Å². The number of aryl methyl sites for hydroxylation is 3. The highest BCUT2D eigenvalue weighted by Gasteiger charge is 2.10. The van der Waals surface area contributed by atoms with Crippen LogP contribution in [0.15, 0.2) is 54.9 Å². The molecule has 0 unspecified atom stereocenters. The second-order valence-electron chi connectivity index (χ2n) is 7.24. The lowest BCUT2D eigenvalue weighted by molar-refractivity contribution is 0.0946. The maximum atomic E-state index is 12.3. The van der Waals surface area contributed by atoms with Crippen LogP contribution in [0, 0.1) is 13.8 Å². The summed E-state index contributed by atoms with van der Waals surface area (Å²) < 4.78 is 9.34. The first-order valence-electron chi connectivity index (χ1n) is 9.90. The van der Waals surface area contributed by atoms with E-state index in [2.05, 4.69) is 26.7 Å². The molecule has 8 heteroatoms. The van der Waals surface area contributed by atoms with Crippen molar-refractivity contribution >= 4 is 11.6 Å². The van der Waals surface area contributed by atoms with E-state index in [1.807, 2.05) is 54.8 Å². The quantitative estimate of drug-likeness (QED) is 0.456. The number of benzene rings is 1. The van der Waals surface area contributed by atoms with E-state index in [-0.39, 0.29) is 12.6 Å². The number of nitrogens with one attached hydrogen (secondary N) is 1.